The van der Waals surface area contributed by atoms with Crippen molar-refractivity contribution in [1.82, 2.24) is 20.5 Å². The second kappa shape index (κ2) is 11.3. The summed E-state index contributed by atoms with van der Waals surface area (Å²) in [6.45, 7) is 3.66. The van der Waals surface area contributed by atoms with Gasteiger partial charge in [-0.1, -0.05) is 18.9 Å². The Balaban J connectivity index is 0.00000364. The molecule has 1 aromatic heterocycles. The minimum Gasteiger partial charge on any atom is -0.478 e. The Labute approximate surface area is 179 Å². The number of carbonyl (C=O) groups is 1. The van der Waals surface area contributed by atoms with Gasteiger partial charge in [-0.3, -0.25) is 9.79 Å². The molecule has 2 N–H and O–H groups in total. The number of rotatable bonds is 7. The highest BCUT2D eigenvalue weighted by atomic mass is 127. The molecule has 1 heterocycles. The number of guanidine groups is 1. The van der Waals surface area contributed by atoms with Crippen LogP contribution in [0.3, 0.4) is 0 Å². The van der Waals surface area contributed by atoms with Gasteiger partial charge in [-0.2, -0.15) is 0 Å². The number of carbonyl (C=O) groups excluding carboxylic acids is 1. The molecule has 0 bridgehead atoms. The van der Waals surface area contributed by atoms with Crippen LogP contribution in [0.2, 0.25) is 0 Å². The number of hydrogen-bond donors (Lipinski definition) is 2. The Kier molecular flexibility index (Phi) is 9.82. The lowest BCUT2D eigenvalue weighted by Crippen LogP contribution is -2.49. The zero-order valence-electron chi connectivity index (χ0n) is 16.7. The molecule has 0 aromatic carbocycles. The van der Waals surface area contributed by atoms with Crippen molar-refractivity contribution in [3.63, 3.8) is 0 Å². The monoisotopic (exact) mass is 489 g/mol. The molecule has 7 nitrogen and oxygen atoms in total. The van der Waals surface area contributed by atoms with Gasteiger partial charge in [0.1, 0.15) is 0 Å². The summed E-state index contributed by atoms with van der Waals surface area (Å²) >= 11 is 0. The quantitative estimate of drug-likeness (QED) is 0.350. The Morgan fingerprint density at radius 2 is 2.04 bits per heavy atom. The first-order valence-electron chi connectivity index (χ1n) is 9.25. The third-order valence-corrected chi connectivity index (χ3v) is 4.82. The van der Waals surface area contributed by atoms with Gasteiger partial charge < -0.3 is 20.3 Å². The molecule has 1 fully saturated rings. The van der Waals surface area contributed by atoms with E-state index in [9.17, 15) is 4.79 Å². The standard InChI is InChI=1S/C19H31N5O2.HI/c1-5-26-16-15(9-8-12-21-16)13-22-18(20-2)23-14-19(10-6-7-11-19)17(25)24(3)4;/h8-9,12H,5-7,10-11,13-14H2,1-4H3,(H2,20,22,23);1H. The summed E-state index contributed by atoms with van der Waals surface area (Å²) in [7, 11) is 5.39. The third kappa shape index (κ3) is 6.22. The molecule has 1 aromatic rings. The molecule has 1 saturated carbocycles. The van der Waals surface area contributed by atoms with Crippen LogP contribution in [0.4, 0.5) is 0 Å². The molecule has 1 aliphatic rings. The molecule has 2 rings (SSSR count). The van der Waals surface area contributed by atoms with Gasteiger partial charge in [-0.05, 0) is 25.8 Å². The molecule has 27 heavy (non-hydrogen) atoms. The van der Waals surface area contributed by atoms with E-state index in [1.165, 1.54) is 0 Å². The zero-order chi connectivity index (χ0) is 19.0. The lowest BCUT2D eigenvalue weighted by Gasteiger charge is -2.31. The summed E-state index contributed by atoms with van der Waals surface area (Å²) in [6.07, 6.45) is 5.76. The molecule has 152 valence electrons. The summed E-state index contributed by atoms with van der Waals surface area (Å²) in [5.41, 5.74) is 0.642. The summed E-state index contributed by atoms with van der Waals surface area (Å²) < 4.78 is 5.56. The molecule has 0 atom stereocenters. The van der Waals surface area contributed by atoms with E-state index in [4.69, 9.17) is 4.74 Å². The average molecular weight is 489 g/mol. The van der Waals surface area contributed by atoms with Gasteiger partial charge in [0.2, 0.25) is 11.8 Å². The molecule has 0 aliphatic heterocycles. The van der Waals surface area contributed by atoms with Crippen molar-refractivity contribution in [2.24, 2.45) is 10.4 Å². The summed E-state index contributed by atoms with van der Waals surface area (Å²) in [4.78, 5) is 22.9. The predicted molar refractivity (Wildman–Crippen MR) is 119 cm³/mol. The maximum atomic E-state index is 12.7. The van der Waals surface area contributed by atoms with E-state index in [1.807, 2.05) is 33.2 Å². The zero-order valence-corrected chi connectivity index (χ0v) is 19.1. The molecule has 0 spiro atoms. The van der Waals surface area contributed by atoms with E-state index in [0.717, 1.165) is 31.2 Å². The molecule has 1 amide bonds. The molecular formula is C19H32IN5O2. The maximum absolute atomic E-state index is 12.7. The lowest BCUT2D eigenvalue weighted by molar-refractivity contribution is -0.138. The molecular weight excluding hydrogens is 457 g/mol. The smallest absolute Gasteiger partial charge is 0.230 e. The molecule has 0 radical (unpaired) electrons. The Morgan fingerprint density at radius 3 is 2.63 bits per heavy atom. The van der Waals surface area contributed by atoms with Gasteiger partial charge in [-0.25, -0.2) is 4.98 Å². The van der Waals surface area contributed by atoms with Crippen LogP contribution < -0.4 is 15.4 Å². The highest BCUT2D eigenvalue weighted by molar-refractivity contribution is 14.0. The first kappa shape index (κ1) is 23.5. The van der Waals surface area contributed by atoms with Gasteiger partial charge in [0.25, 0.3) is 0 Å². The number of nitrogens with zero attached hydrogens (tertiary/aromatic N) is 3. The fourth-order valence-corrected chi connectivity index (χ4v) is 3.47. The Morgan fingerprint density at radius 1 is 1.33 bits per heavy atom. The molecule has 1 aliphatic carbocycles. The SMILES string of the molecule is CCOc1ncccc1CNC(=NC)NCC1(C(=O)N(C)C)CCCC1.I. The van der Waals surface area contributed by atoms with Crippen LogP contribution >= 0.6 is 24.0 Å². The van der Waals surface area contributed by atoms with E-state index in [2.05, 4.69) is 20.6 Å². The Bertz CT molecular complexity index is 630. The number of halogens is 1. The normalized spacial score (nSPS) is 15.6. The highest BCUT2D eigenvalue weighted by Crippen LogP contribution is 2.38. The van der Waals surface area contributed by atoms with Gasteiger partial charge in [0, 0.05) is 46.0 Å². The van der Waals surface area contributed by atoms with Gasteiger partial charge >= 0.3 is 0 Å². The second-order valence-electron chi connectivity index (χ2n) is 6.87. The fourth-order valence-electron chi connectivity index (χ4n) is 3.47. The van der Waals surface area contributed by atoms with Crippen LogP contribution in [0.1, 0.15) is 38.2 Å². The van der Waals surface area contributed by atoms with E-state index < -0.39 is 0 Å². The van der Waals surface area contributed by atoms with E-state index in [-0.39, 0.29) is 35.3 Å². The number of pyridine rings is 1. The maximum Gasteiger partial charge on any atom is 0.230 e. The summed E-state index contributed by atoms with van der Waals surface area (Å²) in [5, 5.41) is 6.63. The molecule has 0 saturated heterocycles. The van der Waals surface area contributed by atoms with Crippen LogP contribution in [0.25, 0.3) is 0 Å². The van der Waals surface area contributed by atoms with Gasteiger partial charge in [0.15, 0.2) is 5.96 Å². The molecule has 0 unspecified atom stereocenters. The minimum atomic E-state index is -0.327. The van der Waals surface area contributed by atoms with E-state index >= 15 is 0 Å². The van der Waals surface area contributed by atoms with E-state index in [0.29, 0.717) is 31.5 Å². The number of aromatic nitrogens is 1. The number of amides is 1. The van der Waals surface area contributed by atoms with Crippen molar-refractivity contribution in [3.05, 3.63) is 23.9 Å². The third-order valence-electron chi connectivity index (χ3n) is 4.82. The molecule has 8 heteroatoms. The minimum absolute atomic E-state index is 0. The van der Waals surface area contributed by atoms with Crippen molar-refractivity contribution in [2.45, 2.75) is 39.2 Å². The topological polar surface area (TPSA) is 78.8 Å². The van der Waals surface area contributed by atoms with Crippen LogP contribution in [-0.2, 0) is 11.3 Å². The first-order valence-corrected chi connectivity index (χ1v) is 9.25. The number of nitrogens with one attached hydrogen (secondary N) is 2. The lowest BCUT2D eigenvalue weighted by atomic mass is 9.84. The number of ether oxygens (including phenoxy) is 1. The average Bonchev–Trinajstić information content (AvgIpc) is 3.12. The van der Waals surface area contributed by atoms with Crippen LogP contribution in [0, 0.1) is 5.41 Å². The van der Waals surface area contributed by atoms with Crippen molar-refractivity contribution < 1.29 is 9.53 Å². The first-order chi connectivity index (χ1) is 12.5. The van der Waals surface area contributed by atoms with E-state index in [1.54, 1.807) is 18.1 Å². The number of hydrogen-bond acceptors (Lipinski definition) is 4. The second-order valence-corrected chi connectivity index (χ2v) is 6.87. The summed E-state index contributed by atoms with van der Waals surface area (Å²) in [5.74, 6) is 1.51. The van der Waals surface area contributed by atoms with Crippen molar-refractivity contribution in [3.8, 4) is 5.88 Å². The van der Waals surface area contributed by atoms with Gasteiger partial charge in [0.05, 0.1) is 12.0 Å². The Hall–Kier alpha value is -1.58. The predicted octanol–water partition coefficient (Wildman–Crippen LogP) is 2.41. The van der Waals surface area contributed by atoms with Crippen LogP contribution in [-0.4, -0.2) is 56.0 Å². The highest BCUT2D eigenvalue weighted by Gasteiger charge is 2.42. The summed E-state index contributed by atoms with van der Waals surface area (Å²) in [6, 6.07) is 3.87. The van der Waals surface area contributed by atoms with Crippen LogP contribution in [0.15, 0.2) is 23.3 Å². The number of aliphatic imine (C=N–C) groups is 1. The van der Waals surface area contributed by atoms with Crippen molar-refractivity contribution in [2.75, 3.05) is 34.3 Å². The van der Waals surface area contributed by atoms with Crippen molar-refractivity contribution >= 4 is 35.8 Å². The van der Waals surface area contributed by atoms with Crippen molar-refractivity contribution in [1.29, 1.82) is 0 Å². The van der Waals surface area contributed by atoms with Gasteiger partial charge in [-0.15, -0.1) is 24.0 Å². The van der Waals surface area contributed by atoms with Crippen LogP contribution in [0.5, 0.6) is 5.88 Å². The largest absolute Gasteiger partial charge is 0.478 e. The fraction of sp³-hybridized carbons (Fsp3) is 0.632.